The monoisotopic (exact) mass is 220 g/mol. The van der Waals surface area contributed by atoms with Crippen molar-refractivity contribution < 1.29 is 14.4 Å². The minimum Gasteiger partial charge on any atom is -0.497 e. The van der Waals surface area contributed by atoms with Crippen LogP contribution in [0.5, 0.6) is 5.75 Å². The van der Waals surface area contributed by atoms with Gasteiger partial charge in [0.1, 0.15) is 11.9 Å². The van der Waals surface area contributed by atoms with E-state index in [1.165, 1.54) is 0 Å². The van der Waals surface area contributed by atoms with Crippen LogP contribution in [0.1, 0.15) is 18.9 Å². The number of benzene rings is 1. The predicted octanol–water partition coefficient (Wildman–Crippen LogP) is 1.80. The highest BCUT2D eigenvalue weighted by molar-refractivity contribution is 5.54. The smallest absolute Gasteiger partial charge is 0.258 e. The molecule has 0 bridgehead atoms. The lowest BCUT2D eigenvalue weighted by Crippen LogP contribution is -1.92. The number of rotatable bonds is 3. The van der Waals surface area contributed by atoms with Crippen LogP contribution >= 0.6 is 0 Å². The third-order valence-corrected chi connectivity index (χ3v) is 2.15. The first-order valence-corrected chi connectivity index (χ1v) is 4.87. The van der Waals surface area contributed by atoms with Crippen molar-refractivity contribution in [3.05, 3.63) is 30.1 Å². The van der Waals surface area contributed by atoms with Crippen molar-refractivity contribution in [3.63, 3.8) is 0 Å². The van der Waals surface area contributed by atoms with Crippen LogP contribution in [-0.4, -0.2) is 22.4 Å². The molecule has 0 saturated carbocycles. The third-order valence-electron chi connectivity index (χ3n) is 2.15. The van der Waals surface area contributed by atoms with E-state index in [1.54, 1.807) is 14.0 Å². The van der Waals surface area contributed by atoms with Gasteiger partial charge < -0.3 is 14.4 Å². The van der Waals surface area contributed by atoms with Crippen LogP contribution in [0.25, 0.3) is 11.5 Å². The van der Waals surface area contributed by atoms with Gasteiger partial charge in [-0.3, -0.25) is 0 Å². The zero-order chi connectivity index (χ0) is 11.5. The second-order valence-electron chi connectivity index (χ2n) is 3.36. The van der Waals surface area contributed by atoms with E-state index >= 15 is 0 Å². The predicted molar refractivity (Wildman–Crippen MR) is 56.9 cm³/mol. The van der Waals surface area contributed by atoms with Crippen LogP contribution in [0.4, 0.5) is 0 Å². The minimum atomic E-state index is -0.726. The van der Waals surface area contributed by atoms with Gasteiger partial charge in [-0.1, -0.05) is 5.16 Å². The molecule has 0 spiro atoms. The van der Waals surface area contributed by atoms with E-state index in [0.717, 1.165) is 11.3 Å². The summed E-state index contributed by atoms with van der Waals surface area (Å²) in [6.07, 6.45) is -0.726. The molecule has 1 heterocycles. The summed E-state index contributed by atoms with van der Waals surface area (Å²) in [6.45, 7) is 1.59. The van der Waals surface area contributed by atoms with E-state index in [4.69, 9.17) is 9.26 Å². The van der Waals surface area contributed by atoms with Gasteiger partial charge in [-0.15, -0.1) is 0 Å². The van der Waals surface area contributed by atoms with E-state index in [0.29, 0.717) is 5.89 Å². The molecule has 5 nitrogen and oxygen atoms in total. The van der Waals surface area contributed by atoms with Gasteiger partial charge in [-0.2, -0.15) is 4.98 Å². The van der Waals surface area contributed by atoms with E-state index in [1.807, 2.05) is 24.3 Å². The van der Waals surface area contributed by atoms with E-state index in [-0.39, 0.29) is 5.82 Å². The summed E-state index contributed by atoms with van der Waals surface area (Å²) >= 11 is 0. The van der Waals surface area contributed by atoms with Gasteiger partial charge in [0.25, 0.3) is 5.89 Å². The molecule has 1 aromatic carbocycles. The largest absolute Gasteiger partial charge is 0.497 e. The third kappa shape index (κ3) is 2.04. The highest BCUT2D eigenvalue weighted by atomic mass is 16.5. The molecular weight excluding hydrogens is 208 g/mol. The Morgan fingerprint density at radius 3 is 2.50 bits per heavy atom. The van der Waals surface area contributed by atoms with Gasteiger partial charge in [-0.25, -0.2) is 0 Å². The fourth-order valence-electron chi connectivity index (χ4n) is 1.26. The molecule has 2 aromatic rings. The molecule has 0 aliphatic rings. The van der Waals surface area contributed by atoms with Crippen LogP contribution in [0.15, 0.2) is 28.8 Å². The molecular formula is C11H12N2O3. The number of ether oxygens (including phenoxy) is 1. The Hall–Kier alpha value is -1.88. The van der Waals surface area contributed by atoms with Crippen molar-refractivity contribution in [2.45, 2.75) is 13.0 Å². The van der Waals surface area contributed by atoms with Crippen molar-refractivity contribution in [2.24, 2.45) is 0 Å². The van der Waals surface area contributed by atoms with Crippen LogP contribution in [0.2, 0.25) is 0 Å². The standard InChI is InChI=1S/C11H12N2O3/c1-7(14)10-12-11(16-13-10)8-3-5-9(15-2)6-4-8/h3-7,14H,1-2H3. The molecule has 16 heavy (non-hydrogen) atoms. The first-order chi connectivity index (χ1) is 7.70. The lowest BCUT2D eigenvalue weighted by Gasteiger charge is -1.98. The van der Waals surface area contributed by atoms with Crippen molar-refractivity contribution in [3.8, 4) is 17.2 Å². The number of hydrogen-bond donors (Lipinski definition) is 1. The van der Waals surface area contributed by atoms with E-state index < -0.39 is 6.10 Å². The summed E-state index contributed by atoms with van der Waals surface area (Å²) in [5.74, 6) is 1.43. The quantitative estimate of drug-likeness (QED) is 0.854. The molecule has 0 amide bonds. The van der Waals surface area contributed by atoms with Gasteiger partial charge in [0.2, 0.25) is 0 Å². The first kappa shape index (κ1) is 10.6. The fraction of sp³-hybridized carbons (Fsp3) is 0.273. The Kier molecular flexibility index (Phi) is 2.87. The lowest BCUT2D eigenvalue weighted by atomic mass is 10.2. The zero-order valence-electron chi connectivity index (χ0n) is 9.04. The van der Waals surface area contributed by atoms with Gasteiger partial charge in [0.05, 0.1) is 7.11 Å². The Bertz CT molecular complexity index is 462. The molecule has 84 valence electrons. The number of nitrogens with zero attached hydrogens (tertiary/aromatic N) is 2. The van der Waals surface area contributed by atoms with Crippen molar-refractivity contribution in [1.82, 2.24) is 10.1 Å². The van der Waals surface area contributed by atoms with Crippen LogP contribution in [0.3, 0.4) is 0 Å². The number of aliphatic hydroxyl groups is 1. The van der Waals surface area contributed by atoms with Crippen molar-refractivity contribution in [2.75, 3.05) is 7.11 Å². The Morgan fingerprint density at radius 2 is 2.00 bits per heavy atom. The van der Waals surface area contributed by atoms with Crippen molar-refractivity contribution in [1.29, 1.82) is 0 Å². The molecule has 1 atom stereocenters. The first-order valence-electron chi connectivity index (χ1n) is 4.87. The van der Waals surface area contributed by atoms with Gasteiger partial charge in [-0.05, 0) is 31.2 Å². The number of hydrogen-bond acceptors (Lipinski definition) is 5. The molecule has 0 aliphatic heterocycles. The minimum absolute atomic E-state index is 0.283. The Balaban J connectivity index is 2.28. The summed E-state index contributed by atoms with van der Waals surface area (Å²) in [5.41, 5.74) is 0.792. The molecule has 1 unspecified atom stereocenters. The highest BCUT2D eigenvalue weighted by Crippen LogP contribution is 2.21. The lowest BCUT2D eigenvalue weighted by molar-refractivity contribution is 0.184. The van der Waals surface area contributed by atoms with Crippen LogP contribution in [0, 0.1) is 0 Å². The van der Waals surface area contributed by atoms with Gasteiger partial charge >= 0.3 is 0 Å². The van der Waals surface area contributed by atoms with Gasteiger partial charge in [0.15, 0.2) is 5.82 Å². The summed E-state index contributed by atoms with van der Waals surface area (Å²) in [6, 6.07) is 7.25. The number of methoxy groups -OCH3 is 1. The average molecular weight is 220 g/mol. The van der Waals surface area contributed by atoms with Crippen molar-refractivity contribution >= 4 is 0 Å². The highest BCUT2D eigenvalue weighted by Gasteiger charge is 2.12. The van der Waals surface area contributed by atoms with Gasteiger partial charge in [0, 0.05) is 5.56 Å². The maximum absolute atomic E-state index is 9.26. The van der Waals surface area contributed by atoms with Crippen LogP contribution < -0.4 is 4.74 Å². The summed E-state index contributed by atoms with van der Waals surface area (Å²) in [7, 11) is 1.60. The average Bonchev–Trinajstić information content (AvgIpc) is 2.78. The molecule has 1 N–H and O–H groups in total. The fourth-order valence-corrected chi connectivity index (χ4v) is 1.26. The molecule has 0 fully saturated rings. The maximum Gasteiger partial charge on any atom is 0.258 e. The molecule has 2 rings (SSSR count). The second kappa shape index (κ2) is 4.32. The summed E-state index contributed by atoms with van der Waals surface area (Å²) < 4.78 is 10.1. The second-order valence-corrected chi connectivity index (χ2v) is 3.36. The molecule has 0 saturated heterocycles. The number of aromatic nitrogens is 2. The molecule has 0 aliphatic carbocycles. The number of aliphatic hydroxyl groups excluding tert-OH is 1. The maximum atomic E-state index is 9.26. The summed E-state index contributed by atoms with van der Waals surface area (Å²) in [4.78, 5) is 4.07. The Labute approximate surface area is 92.7 Å². The van der Waals surface area contributed by atoms with E-state index in [9.17, 15) is 5.11 Å². The normalized spacial score (nSPS) is 12.4. The molecule has 1 aromatic heterocycles. The van der Waals surface area contributed by atoms with E-state index in [2.05, 4.69) is 10.1 Å². The Morgan fingerprint density at radius 1 is 1.31 bits per heavy atom. The molecule has 0 radical (unpaired) electrons. The summed E-state index contributed by atoms with van der Waals surface area (Å²) in [5, 5.41) is 12.9. The van der Waals surface area contributed by atoms with Crippen LogP contribution in [-0.2, 0) is 0 Å². The topological polar surface area (TPSA) is 68.4 Å². The zero-order valence-corrected chi connectivity index (χ0v) is 9.04. The molecule has 5 heteroatoms. The SMILES string of the molecule is COc1ccc(-c2nc(C(C)O)no2)cc1.